The van der Waals surface area contributed by atoms with Gasteiger partial charge in [0, 0.05) is 12.6 Å². The van der Waals surface area contributed by atoms with E-state index in [9.17, 15) is 0 Å². The van der Waals surface area contributed by atoms with Crippen molar-refractivity contribution in [2.24, 2.45) is 0 Å². The van der Waals surface area contributed by atoms with E-state index in [2.05, 4.69) is 0 Å². The van der Waals surface area contributed by atoms with Crippen LogP contribution in [0.15, 0.2) is 41.8 Å². The lowest BCUT2D eigenvalue weighted by Gasteiger charge is -2.16. The normalized spacial score (nSPS) is 16.3. The molecular weight excluding hydrogens is 162 g/mol. The van der Waals surface area contributed by atoms with Crippen LogP contribution in [-0.2, 0) is 4.74 Å². The Kier molecular flexibility index (Phi) is 1.97. The van der Waals surface area contributed by atoms with Gasteiger partial charge in [0.2, 0.25) is 0 Å². The van der Waals surface area contributed by atoms with Crippen molar-refractivity contribution < 1.29 is 4.74 Å². The minimum Gasteiger partial charge on any atom is -0.476 e. The van der Waals surface area contributed by atoms with E-state index < -0.39 is 0 Å². The lowest BCUT2D eigenvalue weighted by atomic mass is 10.3. The molecule has 13 heavy (non-hydrogen) atoms. The summed E-state index contributed by atoms with van der Waals surface area (Å²) < 4.78 is 5.31. The second-order valence-electron chi connectivity index (χ2n) is 2.98. The summed E-state index contributed by atoms with van der Waals surface area (Å²) >= 11 is 0. The van der Waals surface area contributed by atoms with Gasteiger partial charge in [0.15, 0.2) is 6.73 Å². The molecule has 0 bridgehead atoms. The van der Waals surface area contributed by atoms with E-state index in [4.69, 9.17) is 11.7 Å². The predicted molar refractivity (Wildman–Crippen MR) is 51.9 cm³/mol. The minimum atomic E-state index is 0.516. The maximum atomic E-state index is 5.84. The van der Waals surface area contributed by atoms with Crippen LogP contribution in [0.25, 0.3) is 0 Å². The van der Waals surface area contributed by atoms with Gasteiger partial charge in [0.1, 0.15) is 5.76 Å². The second-order valence-corrected chi connectivity index (χ2v) is 2.98. The van der Waals surface area contributed by atoms with Crippen LogP contribution in [0.4, 0.5) is 5.69 Å². The average Bonchev–Trinajstić information content (AvgIpc) is 2.49. The molecule has 0 saturated heterocycles. The van der Waals surface area contributed by atoms with Crippen LogP contribution >= 0.6 is 0 Å². The van der Waals surface area contributed by atoms with Gasteiger partial charge in [-0.1, -0.05) is 18.2 Å². The van der Waals surface area contributed by atoms with Gasteiger partial charge in [-0.25, -0.2) is 0 Å². The fourth-order valence-electron chi connectivity index (χ4n) is 1.32. The maximum Gasteiger partial charge on any atom is 0.165 e. The van der Waals surface area contributed by atoms with Crippen LogP contribution in [-0.4, -0.2) is 6.73 Å². The lowest BCUT2D eigenvalue weighted by Crippen LogP contribution is -2.17. The summed E-state index contributed by atoms with van der Waals surface area (Å²) in [6.45, 7) is 8.22. The molecule has 2 nitrogen and oxygen atoms in total. The lowest BCUT2D eigenvalue weighted by molar-refractivity contribution is 0.247. The van der Waals surface area contributed by atoms with E-state index in [0.29, 0.717) is 12.4 Å². The number of hydrogen-bond donors (Lipinski definition) is 0. The van der Waals surface area contributed by atoms with E-state index in [1.807, 2.05) is 42.2 Å². The van der Waals surface area contributed by atoms with Crippen molar-refractivity contribution in [3.05, 3.63) is 48.7 Å². The van der Waals surface area contributed by atoms with Crippen LogP contribution in [0.2, 0.25) is 0 Å². The van der Waals surface area contributed by atoms with Gasteiger partial charge >= 0.3 is 0 Å². The molecule has 1 heterocycles. The van der Waals surface area contributed by atoms with E-state index in [-0.39, 0.29) is 0 Å². The van der Waals surface area contributed by atoms with Gasteiger partial charge in [0.05, 0.1) is 5.70 Å². The number of hydrogen-bond acceptors (Lipinski definition) is 2. The van der Waals surface area contributed by atoms with Crippen molar-refractivity contribution in [1.29, 1.82) is 0 Å². The third kappa shape index (κ3) is 1.39. The summed E-state index contributed by atoms with van der Waals surface area (Å²) in [5.74, 6) is 0.795. The van der Waals surface area contributed by atoms with Crippen molar-refractivity contribution in [1.82, 2.24) is 0 Å². The molecular formula is C11H11NO. The molecule has 0 aromatic heterocycles. The molecule has 2 heteroatoms. The molecule has 0 atom stereocenters. The highest BCUT2D eigenvalue weighted by Gasteiger charge is 2.18. The number of anilines is 1. The van der Waals surface area contributed by atoms with Crippen molar-refractivity contribution in [2.75, 3.05) is 11.6 Å². The number of nitrogens with zero attached hydrogens (tertiary/aromatic N) is 1. The Morgan fingerprint density at radius 3 is 2.54 bits per heavy atom. The molecule has 1 aromatic rings. The molecule has 0 unspecified atom stereocenters. The predicted octanol–water partition coefficient (Wildman–Crippen LogP) is 2.42. The Balaban J connectivity index is 2.30. The Morgan fingerprint density at radius 1 is 1.31 bits per heavy atom. The molecule has 0 spiro atoms. The van der Waals surface area contributed by atoms with Gasteiger partial charge in [-0.15, -0.1) is 0 Å². The molecule has 0 fully saturated rings. The van der Waals surface area contributed by atoms with E-state index in [0.717, 1.165) is 11.4 Å². The summed E-state index contributed by atoms with van der Waals surface area (Å²) in [6, 6.07) is 9.96. The van der Waals surface area contributed by atoms with Crippen LogP contribution in [0.5, 0.6) is 0 Å². The fraction of sp³-hybridized carbons (Fsp3) is 0.182. The van der Waals surface area contributed by atoms with E-state index >= 15 is 0 Å². The third-order valence-electron chi connectivity index (χ3n) is 2.13. The first kappa shape index (κ1) is 8.17. The zero-order valence-corrected chi connectivity index (χ0v) is 7.53. The van der Waals surface area contributed by atoms with Gasteiger partial charge in [-0.05, 0) is 19.1 Å². The molecule has 66 valence electrons. The fourth-order valence-corrected chi connectivity index (χ4v) is 1.32. The molecule has 1 aliphatic heterocycles. The third-order valence-corrected chi connectivity index (χ3v) is 2.13. The van der Waals surface area contributed by atoms with Gasteiger partial charge in [-0.3, -0.25) is 0 Å². The highest BCUT2D eigenvalue weighted by Crippen LogP contribution is 2.25. The molecule has 1 aromatic carbocycles. The first-order valence-electron chi connectivity index (χ1n) is 4.21. The van der Waals surface area contributed by atoms with E-state index in [1.54, 1.807) is 0 Å². The topological polar surface area (TPSA) is 12.5 Å². The minimum absolute atomic E-state index is 0.516. The van der Waals surface area contributed by atoms with Gasteiger partial charge in [-0.2, -0.15) is 0 Å². The monoisotopic (exact) mass is 173 g/mol. The number of allylic oxidation sites excluding steroid dienone is 2. The number of ether oxygens (including phenoxy) is 1. The largest absolute Gasteiger partial charge is 0.476 e. The number of rotatable bonds is 1. The van der Waals surface area contributed by atoms with Crippen LogP contribution in [0, 0.1) is 6.92 Å². The van der Waals surface area contributed by atoms with E-state index in [1.165, 1.54) is 0 Å². The van der Waals surface area contributed by atoms with Crippen LogP contribution < -0.4 is 4.90 Å². The van der Waals surface area contributed by atoms with Gasteiger partial charge < -0.3 is 9.64 Å². The summed E-state index contributed by atoms with van der Waals surface area (Å²) in [5.41, 5.74) is 1.77. The Morgan fingerprint density at radius 2 is 2.00 bits per heavy atom. The maximum absolute atomic E-state index is 5.84. The number of benzene rings is 1. The molecule has 2 radical (unpaired) electrons. The highest BCUT2D eigenvalue weighted by molar-refractivity contribution is 5.53. The Bertz CT molecular complexity index is 329. The standard InChI is InChI=1S/C11H11NO/c1-9-10(2)13-8-12(9)11-6-4-3-5-7-11/h1,3-7H,8H2,2H3. The summed E-state index contributed by atoms with van der Waals surface area (Å²) in [5, 5.41) is 0. The average molecular weight is 173 g/mol. The molecule has 0 N–H and O–H groups in total. The van der Waals surface area contributed by atoms with Crippen molar-refractivity contribution in [3.63, 3.8) is 0 Å². The zero-order chi connectivity index (χ0) is 9.26. The molecule has 1 aliphatic rings. The number of para-hydroxylation sites is 1. The zero-order valence-electron chi connectivity index (χ0n) is 7.53. The summed E-state index contributed by atoms with van der Waals surface area (Å²) in [6.07, 6.45) is 0. The summed E-state index contributed by atoms with van der Waals surface area (Å²) in [7, 11) is 0. The van der Waals surface area contributed by atoms with Crippen LogP contribution in [0.1, 0.15) is 6.92 Å². The van der Waals surface area contributed by atoms with Crippen molar-refractivity contribution in [2.45, 2.75) is 6.92 Å². The molecule has 0 saturated carbocycles. The molecule has 2 rings (SSSR count). The smallest absolute Gasteiger partial charge is 0.165 e. The van der Waals surface area contributed by atoms with Crippen LogP contribution in [0.3, 0.4) is 0 Å². The Hall–Kier alpha value is -1.44. The molecule has 0 amide bonds. The second kappa shape index (κ2) is 3.13. The quantitative estimate of drug-likeness (QED) is 0.646. The SMILES string of the molecule is [CH]C1=C(C)OCN1c1ccccc1. The van der Waals surface area contributed by atoms with Gasteiger partial charge in [0.25, 0.3) is 0 Å². The first-order chi connectivity index (χ1) is 6.29. The van der Waals surface area contributed by atoms with Crippen molar-refractivity contribution >= 4 is 5.69 Å². The van der Waals surface area contributed by atoms with Crippen molar-refractivity contribution in [3.8, 4) is 0 Å². The highest BCUT2D eigenvalue weighted by atomic mass is 16.5. The summed E-state index contributed by atoms with van der Waals surface area (Å²) in [4.78, 5) is 1.94. The Labute approximate surface area is 78.4 Å². The first-order valence-corrected chi connectivity index (χ1v) is 4.21. The molecule has 0 aliphatic carbocycles.